The quantitative estimate of drug-likeness (QED) is 0.785. The van der Waals surface area contributed by atoms with Crippen LogP contribution in [0.25, 0.3) is 0 Å². The molecule has 0 aromatic heterocycles. The summed E-state index contributed by atoms with van der Waals surface area (Å²) in [6.07, 6.45) is 0. The number of allylic oxidation sites excluding steroid dienone is 1. The van der Waals surface area contributed by atoms with Crippen LogP contribution in [-0.4, -0.2) is 18.7 Å². The number of ether oxygens (including phenoxy) is 1. The number of methoxy groups -OCH3 is 1. The molecule has 1 unspecified atom stereocenters. The highest BCUT2D eigenvalue weighted by Gasteiger charge is 2.38. The third-order valence-corrected chi connectivity index (χ3v) is 4.88. The lowest BCUT2D eigenvalue weighted by Gasteiger charge is -2.30. The van der Waals surface area contributed by atoms with E-state index in [2.05, 4.69) is 29.0 Å². The van der Waals surface area contributed by atoms with Gasteiger partial charge >= 0.3 is 0 Å². The first-order chi connectivity index (χ1) is 13.1. The van der Waals surface area contributed by atoms with Gasteiger partial charge in [0.25, 0.3) is 0 Å². The summed E-state index contributed by atoms with van der Waals surface area (Å²) in [5.41, 5.74) is 2.44. The molecule has 1 heterocycles. The van der Waals surface area contributed by atoms with Crippen molar-refractivity contribution in [3.05, 3.63) is 70.8 Å². The highest BCUT2D eigenvalue weighted by Crippen LogP contribution is 2.40. The highest BCUT2D eigenvalue weighted by atomic mass is 32.1. The summed E-state index contributed by atoms with van der Waals surface area (Å²) in [7, 11) is 1.55. The summed E-state index contributed by atoms with van der Waals surface area (Å²) in [5.74, 6) is -0.750. The maximum Gasteiger partial charge on any atom is 0.234 e. The standard InChI is InChI=1S/C21H19N3O2S/c1-13-18(20(25)24-16-10-6-7-11-17(16)26-2)19(14-8-4-3-5-9-14)15(12-22)21(27)23-13/h3-11,18-19,27H,1-2H3,(H,24,25)/t18?,19-/m0/s1. The number of carbonyl (C=O) groups excluding carboxylic acids is 1. The number of aliphatic imine (C=N–C) groups is 1. The average Bonchev–Trinajstić information content (AvgIpc) is 2.68. The SMILES string of the molecule is COc1ccccc1NC(=O)C1C(C)=NC(S)=C(C#N)[C@@H]1c1ccccc1. The normalized spacial score (nSPS) is 19.1. The number of anilines is 1. The summed E-state index contributed by atoms with van der Waals surface area (Å²) < 4.78 is 5.31. The molecule has 27 heavy (non-hydrogen) atoms. The third kappa shape index (κ3) is 3.74. The third-order valence-electron chi connectivity index (χ3n) is 4.54. The number of carbonyl (C=O) groups is 1. The van der Waals surface area contributed by atoms with Crippen LogP contribution in [-0.2, 0) is 4.79 Å². The fraction of sp³-hybridized carbons (Fsp3) is 0.190. The second-order valence-corrected chi connectivity index (χ2v) is 6.58. The van der Waals surface area contributed by atoms with Crippen molar-refractivity contribution in [2.75, 3.05) is 12.4 Å². The Hall–Kier alpha value is -3.04. The van der Waals surface area contributed by atoms with Crippen molar-refractivity contribution in [2.45, 2.75) is 12.8 Å². The number of thiol groups is 1. The van der Waals surface area contributed by atoms with Gasteiger partial charge in [0.1, 0.15) is 10.8 Å². The summed E-state index contributed by atoms with van der Waals surface area (Å²) >= 11 is 4.36. The number of hydrogen-bond acceptors (Lipinski definition) is 5. The van der Waals surface area contributed by atoms with Crippen LogP contribution in [0.5, 0.6) is 5.75 Å². The van der Waals surface area contributed by atoms with Crippen LogP contribution in [0.4, 0.5) is 5.69 Å². The van der Waals surface area contributed by atoms with E-state index < -0.39 is 11.8 Å². The predicted molar refractivity (Wildman–Crippen MR) is 109 cm³/mol. The number of nitrogens with one attached hydrogen (secondary N) is 1. The minimum absolute atomic E-state index is 0.247. The van der Waals surface area contributed by atoms with Crippen molar-refractivity contribution < 1.29 is 9.53 Å². The minimum Gasteiger partial charge on any atom is -0.495 e. The van der Waals surface area contributed by atoms with E-state index in [1.165, 1.54) is 0 Å². The van der Waals surface area contributed by atoms with E-state index in [0.29, 0.717) is 27.8 Å². The minimum atomic E-state index is -0.622. The maximum atomic E-state index is 13.2. The lowest BCUT2D eigenvalue weighted by Crippen LogP contribution is -2.36. The van der Waals surface area contributed by atoms with Gasteiger partial charge < -0.3 is 10.1 Å². The number of rotatable bonds is 4. The largest absolute Gasteiger partial charge is 0.495 e. The number of nitriles is 1. The van der Waals surface area contributed by atoms with Crippen LogP contribution in [0.1, 0.15) is 18.4 Å². The van der Waals surface area contributed by atoms with Crippen LogP contribution >= 0.6 is 12.6 Å². The molecule has 0 fully saturated rings. The lowest BCUT2D eigenvalue weighted by molar-refractivity contribution is -0.118. The number of benzene rings is 2. The second kappa shape index (κ2) is 8.11. The van der Waals surface area contributed by atoms with Crippen LogP contribution in [0.15, 0.2) is 70.2 Å². The van der Waals surface area contributed by atoms with E-state index in [-0.39, 0.29) is 5.91 Å². The Labute approximate surface area is 163 Å². The number of hydrogen-bond donors (Lipinski definition) is 2. The summed E-state index contributed by atoms with van der Waals surface area (Å²) in [6, 6.07) is 18.9. The molecule has 5 nitrogen and oxygen atoms in total. The first-order valence-electron chi connectivity index (χ1n) is 8.44. The highest BCUT2D eigenvalue weighted by molar-refractivity contribution is 7.84. The van der Waals surface area contributed by atoms with Crippen LogP contribution in [0.2, 0.25) is 0 Å². The van der Waals surface area contributed by atoms with Gasteiger partial charge in [0.05, 0.1) is 30.4 Å². The van der Waals surface area contributed by atoms with Crippen molar-refractivity contribution in [1.29, 1.82) is 5.26 Å². The lowest BCUT2D eigenvalue weighted by atomic mass is 9.77. The van der Waals surface area contributed by atoms with Gasteiger partial charge in [0.2, 0.25) is 5.91 Å². The molecule has 6 heteroatoms. The molecular weight excluding hydrogens is 358 g/mol. The van der Waals surface area contributed by atoms with Gasteiger partial charge in [-0.25, -0.2) is 4.99 Å². The molecule has 0 radical (unpaired) electrons. The first-order valence-corrected chi connectivity index (χ1v) is 8.88. The molecule has 0 saturated heterocycles. The molecule has 0 aliphatic carbocycles. The van der Waals surface area contributed by atoms with Crippen molar-refractivity contribution in [2.24, 2.45) is 10.9 Å². The number of para-hydroxylation sites is 2. The van der Waals surface area contributed by atoms with Gasteiger partial charge in [-0.05, 0) is 24.6 Å². The van der Waals surface area contributed by atoms with Gasteiger partial charge in [-0.2, -0.15) is 5.26 Å². The first kappa shape index (κ1) is 18.7. The predicted octanol–water partition coefficient (Wildman–Crippen LogP) is 4.17. The van der Waals surface area contributed by atoms with Crippen molar-refractivity contribution >= 4 is 29.9 Å². The Kier molecular flexibility index (Phi) is 5.63. The zero-order valence-electron chi connectivity index (χ0n) is 15.0. The number of nitrogens with zero attached hydrogens (tertiary/aromatic N) is 2. The zero-order valence-corrected chi connectivity index (χ0v) is 15.9. The molecule has 136 valence electrons. The van der Waals surface area contributed by atoms with Crippen molar-refractivity contribution in [3.8, 4) is 11.8 Å². The second-order valence-electron chi connectivity index (χ2n) is 6.16. The summed E-state index contributed by atoms with van der Waals surface area (Å²) in [4.78, 5) is 17.5. The molecular formula is C21H19N3O2S. The fourth-order valence-corrected chi connectivity index (χ4v) is 3.63. The van der Waals surface area contributed by atoms with Crippen LogP contribution in [0, 0.1) is 17.2 Å². The van der Waals surface area contributed by atoms with Crippen molar-refractivity contribution in [3.63, 3.8) is 0 Å². The average molecular weight is 377 g/mol. The van der Waals surface area contributed by atoms with E-state index in [1.54, 1.807) is 26.2 Å². The fourth-order valence-electron chi connectivity index (χ4n) is 3.28. The monoisotopic (exact) mass is 377 g/mol. The molecule has 0 saturated carbocycles. The van der Waals surface area contributed by atoms with E-state index >= 15 is 0 Å². The Balaban J connectivity index is 2.02. The van der Waals surface area contributed by atoms with Crippen LogP contribution < -0.4 is 10.1 Å². The Morgan fingerprint density at radius 2 is 1.85 bits per heavy atom. The summed E-state index contributed by atoms with van der Waals surface area (Å²) in [5, 5.41) is 12.9. The Morgan fingerprint density at radius 3 is 2.52 bits per heavy atom. The molecule has 3 rings (SSSR count). The van der Waals surface area contributed by atoms with Gasteiger partial charge in [-0.15, -0.1) is 12.6 Å². The Morgan fingerprint density at radius 1 is 1.19 bits per heavy atom. The molecule has 2 aromatic rings. The molecule has 1 aliphatic rings. The van der Waals surface area contributed by atoms with Gasteiger partial charge in [-0.3, -0.25) is 4.79 Å². The van der Waals surface area contributed by atoms with Gasteiger partial charge in [0, 0.05) is 11.6 Å². The molecule has 2 aromatic carbocycles. The number of amides is 1. The van der Waals surface area contributed by atoms with E-state index in [1.807, 2.05) is 42.5 Å². The van der Waals surface area contributed by atoms with Crippen molar-refractivity contribution in [1.82, 2.24) is 0 Å². The Bertz CT molecular complexity index is 961. The topological polar surface area (TPSA) is 74.5 Å². The molecule has 1 aliphatic heterocycles. The zero-order chi connectivity index (χ0) is 19.4. The van der Waals surface area contributed by atoms with Gasteiger partial charge in [-0.1, -0.05) is 42.5 Å². The van der Waals surface area contributed by atoms with Crippen LogP contribution in [0.3, 0.4) is 0 Å². The summed E-state index contributed by atoms with van der Waals surface area (Å²) in [6.45, 7) is 1.78. The molecule has 1 amide bonds. The molecule has 0 bridgehead atoms. The van der Waals surface area contributed by atoms with E-state index in [9.17, 15) is 10.1 Å². The smallest absolute Gasteiger partial charge is 0.234 e. The molecule has 0 spiro atoms. The molecule has 1 N–H and O–H groups in total. The van der Waals surface area contributed by atoms with E-state index in [4.69, 9.17) is 4.74 Å². The maximum absolute atomic E-state index is 13.2. The van der Waals surface area contributed by atoms with Gasteiger partial charge in [0.15, 0.2) is 0 Å². The molecule has 2 atom stereocenters. The van der Waals surface area contributed by atoms with E-state index in [0.717, 1.165) is 5.56 Å².